The first-order valence-corrected chi connectivity index (χ1v) is 9.79. The molecule has 25 heavy (non-hydrogen) atoms. The number of halogens is 1. The Kier molecular flexibility index (Phi) is 6.58. The number of benzene rings is 2. The molecule has 1 amide bonds. The van der Waals surface area contributed by atoms with Crippen molar-refractivity contribution in [3.63, 3.8) is 0 Å². The zero-order chi connectivity index (χ0) is 18.4. The third kappa shape index (κ3) is 6.16. The second kappa shape index (κ2) is 8.47. The van der Waals surface area contributed by atoms with Gasteiger partial charge in [0.15, 0.2) is 0 Å². The summed E-state index contributed by atoms with van der Waals surface area (Å²) in [5, 5.41) is 3.42. The lowest BCUT2D eigenvalue weighted by Crippen LogP contribution is -2.30. The zero-order valence-electron chi connectivity index (χ0n) is 14.1. The average molecular weight is 381 g/mol. The monoisotopic (exact) mass is 380 g/mol. The Balaban J connectivity index is 1.92. The first-order valence-electron chi connectivity index (χ1n) is 7.93. The van der Waals surface area contributed by atoms with Gasteiger partial charge in [-0.05, 0) is 62.2 Å². The maximum Gasteiger partial charge on any atom is 0.240 e. The Labute approximate surface area is 153 Å². The predicted molar refractivity (Wildman–Crippen MR) is 100 cm³/mol. The topological polar surface area (TPSA) is 75.3 Å². The largest absolute Gasteiger partial charge is 0.326 e. The van der Waals surface area contributed by atoms with Gasteiger partial charge in [0, 0.05) is 23.2 Å². The third-order valence-corrected chi connectivity index (χ3v) is 5.32. The van der Waals surface area contributed by atoms with E-state index in [-0.39, 0.29) is 16.8 Å². The molecule has 2 aromatic rings. The first-order chi connectivity index (χ1) is 11.8. The van der Waals surface area contributed by atoms with Crippen molar-refractivity contribution in [2.45, 2.75) is 37.6 Å². The van der Waals surface area contributed by atoms with Crippen LogP contribution in [0.15, 0.2) is 53.4 Å². The molecule has 0 radical (unpaired) electrons. The molecule has 5 nitrogen and oxygen atoms in total. The van der Waals surface area contributed by atoms with Crippen LogP contribution < -0.4 is 10.0 Å². The number of amides is 1. The molecule has 0 bridgehead atoms. The lowest BCUT2D eigenvalue weighted by atomic mass is 10.1. The van der Waals surface area contributed by atoms with Crippen LogP contribution in [0.3, 0.4) is 0 Å². The van der Waals surface area contributed by atoms with E-state index in [1.165, 1.54) is 12.1 Å². The number of hydrogen-bond donors (Lipinski definition) is 2. The minimum absolute atomic E-state index is 0.133. The lowest BCUT2D eigenvalue weighted by molar-refractivity contribution is -0.116. The number of anilines is 1. The summed E-state index contributed by atoms with van der Waals surface area (Å²) < 4.78 is 26.6. The normalized spacial score (nSPS) is 11.5. The molecule has 0 atom stereocenters. The van der Waals surface area contributed by atoms with E-state index in [0.29, 0.717) is 23.6 Å². The Morgan fingerprint density at radius 3 is 2.20 bits per heavy atom. The molecular weight excluding hydrogens is 360 g/mol. The fourth-order valence-corrected chi connectivity index (χ4v) is 3.61. The van der Waals surface area contributed by atoms with Crippen LogP contribution in [-0.2, 0) is 21.2 Å². The highest BCUT2D eigenvalue weighted by molar-refractivity contribution is 7.89. The molecule has 134 valence electrons. The van der Waals surface area contributed by atoms with Crippen LogP contribution in [0.4, 0.5) is 5.69 Å². The van der Waals surface area contributed by atoms with E-state index in [1.807, 2.05) is 12.1 Å². The number of aryl methyl sites for hydroxylation is 1. The first kappa shape index (κ1) is 19.4. The van der Waals surface area contributed by atoms with Crippen LogP contribution in [0.1, 0.15) is 25.8 Å². The molecule has 0 aliphatic carbocycles. The molecule has 7 heteroatoms. The van der Waals surface area contributed by atoms with Gasteiger partial charge in [-0.2, -0.15) is 0 Å². The van der Waals surface area contributed by atoms with E-state index in [9.17, 15) is 13.2 Å². The van der Waals surface area contributed by atoms with Crippen molar-refractivity contribution in [2.75, 3.05) is 5.32 Å². The molecule has 0 aliphatic rings. The number of carbonyl (C=O) groups is 1. The van der Waals surface area contributed by atoms with Crippen molar-refractivity contribution >= 4 is 33.2 Å². The summed E-state index contributed by atoms with van der Waals surface area (Å²) in [7, 11) is -3.53. The Bertz CT molecular complexity index is 816. The molecule has 2 N–H and O–H groups in total. The SMILES string of the molecule is CC(C)NS(=O)(=O)c1ccc(NC(=O)CCc2ccc(Cl)cc2)cc1. The van der Waals surface area contributed by atoms with Gasteiger partial charge in [0.2, 0.25) is 15.9 Å². The second-order valence-electron chi connectivity index (χ2n) is 5.98. The van der Waals surface area contributed by atoms with E-state index in [2.05, 4.69) is 10.0 Å². The standard InChI is InChI=1S/C18H21ClN2O3S/c1-13(2)21-25(23,24)17-10-8-16(9-11-17)20-18(22)12-5-14-3-6-15(19)7-4-14/h3-4,6-11,13,21H,5,12H2,1-2H3,(H,20,22). The molecule has 0 spiro atoms. The van der Waals surface area contributed by atoms with Gasteiger partial charge in [-0.15, -0.1) is 0 Å². The molecule has 0 saturated carbocycles. The summed E-state index contributed by atoms with van der Waals surface area (Å²) >= 11 is 5.83. The highest BCUT2D eigenvalue weighted by Gasteiger charge is 2.15. The van der Waals surface area contributed by atoms with Gasteiger partial charge in [0.05, 0.1) is 4.90 Å². The molecule has 2 rings (SSSR count). The molecule has 2 aromatic carbocycles. The van der Waals surface area contributed by atoms with Crippen LogP contribution in [0.2, 0.25) is 5.02 Å². The fraction of sp³-hybridized carbons (Fsp3) is 0.278. The van der Waals surface area contributed by atoms with Crippen LogP contribution in [0.5, 0.6) is 0 Å². The van der Waals surface area contributed by atoms with Gasteiger partial charge in [0.1, 0.15) is 0 Å². The summed E-state index contributed by atoms with van der Waals surface area (Å²) in [6.07, 6.45) is 0.935. The summed E-state index contributed by atoms with van der Waals surface area (Å²) in [4.78, 5) is 12.2. The van der Waals surface area contributed by atoms with E-state index in [0.717, 1.165) is 5.56 Å². The van der Waals surface area contributed by atoms with Crippen molar-refractivity contribution in [3.05, 3.63) is 59.1 Å². The summed E-state index contributed by atoms with van der Waals surface area (Å²) in [6, 6.07) is 13.3. The van der Waals surface area contributed by atoms with Crippen LogP contribution >= 0.6 is 11.6 Å². The number of rotatable bonds is 7. The summed E-state index contributed by atoms with van der Waals surface area (Å²) in [5.41, 5.74) is 1.59. The number of nitrogens with one attached hydrogen (secondary N) is 2. The number of carbonyl (C=O) groups excluding carboxylic acids is 1. The average Bonchev–Trinajstić information content (AvgIpc) is 2.54. The molecule has 0 saturated heterocycles. The minimum Gasteiger partial charge on any atom is -0.326 e. The molecular formula is C18H21ClN2O3S. The van der Waals surface area contributed by atoms with Crippen molar-refractivity contribution < 1.29 is 13.2 Å². The van der Waals surface area contributed by atoms with Crippen molar-refractivity contribution in [1.29, 1.82) is 0 Å². The summed E-state index contributed by atoms with van der Waals surface area (Å²) in [6.45, 7) is 3.51. The number of hydrogen-bond acceptors (Lipinski definition) is 3. The van der Waals surface area contributed by atoms with Crippen molar-refractivity contribution in [1.82, 2.24) is 4.72 Å². The van der Waals surface area contributed by atoms with E-state index in [4.69, 9.17) is 11.6 Å². The van der Waals surface area contributed by atoms with E-state index in [1.54, 1.807) is 38.1 Å². The number of sulfonamides is 1. The predicted octanol–water partition coefficient (Wildman–Crippen LogP) is 3.60. The minimum atomic E-state index is -3.53. The quantitative estimate of drug-likeness (QED) is 0.770. The zero-order valence-corrected chi connectivity index (χ0v) is 15.7. The highest BCUT2D eigenvalue weighted by Crippen LogP contribution is 2.15. The molecule has 0 aromatic heterocycles. The fourth-order valence-electron chi connectivity index (χ4n) is 2.23. The molecule has 0 aliphatic heterocycles. The van der Waals surface area contributed by atoms with Crippen LogP contribution in [-0.4, -0.2) is 20.4 Å². The summed E-state index contributed by atoms with van der Waals surface area (Å²) in [5.74, 6) is -0.133. The van der Waals surface area contributed by atoms with E-state index >= 15 is 0 Å². The van der Waals surface area contributed by atoms with Gasteiger partial charge in [0.25, 0.3) is 0 Å². The molecule has 0 heterocycles. The van der Waals surface area contributed by atoms with Gasteiger partial charge in [-0.1, -0.05) is 23.7 Å². The Hall–Kier alpha value is -1.89. The van der Waals surface area contributed by atoms with Crippen molar-refractivity contribution in [2.24, 2.45) is 0 Å². The van der Waals surface area contributed by atoms with Gasteiger partial charge in [-0.3, -0.25) is 4.79 Å². The highest BCUT2D eigenvalue weighted by atomic mass is 35.5. The second-order valence-corrected chi connectivity index (χ2v) is 8.13. The smallest absolute Gasteiger partial charge is 0.240 e. The van der Waals surface area contributed by atoms with Crippen LogP contribution in [0, 0.1) is 0 Å². The maximum atomic E-state index is 12.1. The van der Waals surface area contributed by atoms with Crippen molar-refractivity contribution in [3.8, 4) is 0 Å². The Morgan fingerprint density at radius 2 is 1.64 bits per heavy atom. The van der Waals surface area contributed by atoms with Gasteiger partial charge < -0.3 is 5.32 Å². The van der Waals surface area contributed by atoms with Crippen LogP contribution in [0.25, 0.3) is 0 Å². The molecule has 0 unspecified atom stereocenters. The Morgan fingerprint density at radius 1 is 1.04 bits per heavy atom. The maximum absolute atomic E-state index is 12.1. The van der Waals surface area contributed by atoms with Gasteiger partial charge in [-0.25, -0.2) is 13.1 Å². The lowest BCUT2D eigenvalue weighted by Gasteiger charge is -2.10. The van der Waals surface area contributed by atoms with Gasteiger partial charge >= 0.3 is 0 Å². The third-order valence-electron chi connectivity index (χ3n) is 3.39. The van der Waals surface area contributed by atoms with E-state index < -0.39 is 10.0 Å². The molecule has 0 fully saturated rings.